The van der Waals surface area contributed by atoms with Gasteiger partial charge in [0, 0.05) is 31.6 Å². The van der Waals surface area contributed by atoms with Crippen LogP contribution in [-0.4, -0.2) is 62.0 Å². The van der Waals surface area contributed by atoms with Crippen molar-refractivity contribution in [1.82, 2.24) is 9.80 Å². The van der Waals surface area contributed by atoms with E-state index in [9.17, 15) is 9.59 Å². The van der Waals surface area contributed by atoms with Crippen molar-refractivity contribution in [3.63, 3.8) is 0 Å². The maximum atomic E-state index is 13.3. The summed E-state index contributed by atoms with van der Waals surface area (Å²) >= 11 is 1.53. The average molecular weight is 493 g/mol. The molecule has 0 radical (unpaired) electrons. The monoisotopic (exact) mass is 492 g/mol. The van der Waals surface area contributed by atoms with Gasteiger partial charge in [-0.05, 0) is 66.5 Å². The molecule has 2 amide bonds. The molecule has 1 saturated heterocycles. The van der Waals surface area contributed by atoms with Gasteiger partial charge in [-0.2, -0.15) is 11.3 Å². The summed E-state index contributed by atoms with van der Waals surface area (Å²) in [5.74, 6) is 1.71. The lowest BCUT2D eigenvalue weighted by Crippen LogP contribution is -2.48. The molecule has 4 rings (SSSR count). The highest BCUT2D eigenvalue weighted by atomic mass is 32.1. The molecule has 1 atom stereocenters. The van der Waals surface area contributed by atoms with Crippen molar-refractivity contribution in [1.29, 1.82) is 0 Å². The number of benzene rings is 2. The first kappa shape index (κ1) is 24.8. The van der Waals surface area contributed by atoms with Gasteiger partial charge in [0.2, 0.25) is 0 Å². The third-order valence-electron chi connectivity index (χ3n) is 6.87. The maximum Gasteiger partial charge on any atom is 0.257 e. The summed E-state index contributed by atoms with van der Waals surface area (Å²) < 4.78 is 10.8. The number of nitrogens with zero attached hydrogens (tertiary/aromatic N) is 2. The molecule has 6 nitrogen and oxygen atoms in total. The molecular formula is C28H32N2O4S. The Morgan fingerprint density at radius 1 is 1.06 bits per heavy atom. The average Bonchev–Trinajstić information content (AvgIpc) is 3.46. The van der Waals surface area contributed by atoms with Crippen molar-refractivity contribution < 1.29 is 19.1 Å². The maximum absolute atomic E-state index is 13.3. The Hall–Kier alpha value is -3.32. The predicted octanol–water partition coefficient (Wildman–Crippen LogP) is 5.00. The highest BCUT2D eigenvalue weighted by Crippen LogP contribution is 2.30. The minimum Gasteiger partial charge on any atom is -0.497 e. The minimum atomic E-state index is -0.00653. The number of ether oxygens (including phenoxy) is 2. The van der Waals surface area contributed by atoms with Crippen LogP contribution >= 0.6 is 11.3 Å². The molecule has 0 aliphatic carbocycles. The molecule has 1 aromatic heterocycles. The summed E-state index contributed by atoms with van der Waals surface area (Å²) in [5, 5.41) is 3.83. The molecule has 184 valence electrons. The fourth-order valence-corrected chi connectivity index (χ4v) is 5.51. The van der Waals surface area contributed by atoms with Crippen LogP contribution in [0.4, 0.5) is 0 Å². The Labute approximate surface area is 211 Å². The first-order valence-electron chi connectivity index (χ1n) is 11.9. The molecule has 1 unspecified atom stereocenters. The number of likely N-dealkylation sites (N-methyl/N-ethyl adjacent to an activating group) is 1. The number of hydrogen-bond acceptors (Lipinski definition) is 5. The van der Waals surface area contributed by atoms with E-state index in [0.29, 0.717) is 24.4 Å². The van der Waals surface area contributed by atoms with Crippen LogP contribution in [0.3, 0.4) is 0 Å². The highest BCUT2D eigenvalue weighted by Gasteiger charge is 2.34. The Bertz CT molecular complexity index is 1140. The zero-order valence-electron chi connectivity index (χ0n) is 20.5. The minimum absolute atomic E-state index is 0.00653. The Morgan fingerprint density at radius 3 is 2.51 bits per heavy atom. The van der Waals surface area contributed by atoms with Crippen LogP contribution in [0.15, 0.2) is 65.4 Å². The summed E-state index contributed by atoms with van der Waals surface area (Å²) in [6.07, 6.45) is 2.39. The third kappa shape index (κ3) is 5.68. The number of methoxy groups -OCH3 is 2. The SMILES string of the molecule is COc1cccc(CC(C2CCN(C(=O)c3ccccc3OC)CC2)N(C)C(=O)c2ccsc2)c1. The van der Waals surface area contributed by atoms with E-state index >= 15 is 0 Å². The van der Waals surface area contributed by atoms with Gasteiger partial charge in [0.1, 0.15) is 11.5 Å². The lowest BCUT2D eigenvalue weighted by molar-refractivity contribution is 0.0521. The van der Waals surface area contributed by atoms with E-state index in [0.717, 1.165) is 36.1 Å². The first-order valence-corrected chi connectivity index (χ1v) is 12.8. The van der Waals surface area contributed by atoms with E-state index in [2.05, 4.69) is 6.07 Å². The van der Waals surface area contributed by atoms with Gasteiger partial charge in [-0.15, -0.1) is 0 Å². The number of para-hydroxylation sites is 1. The number of hydrogen-bond donors (Lipinski definition) is 0. The van der Waals surface area contributed by atoms with Gasteiger partial charge in [0.15, 0.2) is 0 Å². The summed E-state index contributed by atoms with van der Waals surface area (Å²) in [6.45, 7) is 1.30. The predicted molar refractivity (Wildman–Crippen MR) is 139 cm³/mol. The van der Waals surface area contributed by atoms with E-state index in [1.54, 1.807) is 14.2 Å². The van der Waals surface area contributed by atoms with Crippen molar-refractivity contribution in [3.8, 4) is 11.5 Å². The summed E-state index contributed by atoms with van der Waals surface area (Å²) in [7, 11) is 5.15. The molecule has 0 bridgehead atoms. The second-order valence-electron chi connectivity index (χ2n) is 8.88. The van der Waals surface area contributed by atoms with Crippen LogP contribution in [0.2, 0.25) is 0 Å². The molecule has 0 spiro atoms. The van der Waals surface area contributed by atoms with E-state index in [1.807, 2.05) is 76.1 Å². The van der Waals surface area contributed by atoms with Gasteiger partial charge in [0.05, 0.1) is 25.3 Å². The molecule has 1 fully saturated rings. The van der Waals surface area contributed by atoms with Crippen LogP contribution in [0, 0.1) is 5.92 Å². The van der Waals surface area contributed by atoms with E-state index in [1.165, 1.54) is 11.3 Å². The van der Waals surface area contributed by atoms with Crippen molar-refractivity contribution >= 4 is 23.2 Å². The van der Waals surface area contributed by atoms with Gasteiger partial charge in [0.25, 0.3) is 11.8 Å². The molecule has 35 heavy (non-hydrogen) atoms. The number of amides is 2. The summed E-state index contributed by atoms with van der Waals surface area (Å²) in [6, 6.07) is 17.3. The quantitative estimate of drug-likeness (QED) is 0.444. The molecule has 2 heterocycles. The molecule has 1 aliphatic heterocycles. The number of thiophene rings is 1. The second kappa shape index (κ2) is 11.4. The number of carbonyl (C=O) groups is 2. The topological polar surface area (TPSA) is 59.1 Å². The number of likely N-dealkylation sites (tertiary alicyclic amines) is 1. The fraction of sp³-hybridized carbons (Fsp3) is 0.357. The fourth-order valence-electron chi connectivity index (χ4n) is 4.88. The van der Waals surface area contributed by atoms with Crippen LogP contribution < -0.4 is 9.47 Å². The number of rotatable bonds is 8. The van der Waals surface area contributed by atoms with Crippen molar-refractivity contribution in [2.75, 3.05) is 34.4 Å². The lowest BCUT2D eigenvalue weighted by Gasteiger charge is -2.40. The highest BCUT2D eigenvalue weighted by molar-refractivity contribution is 7.08. The lowest BCUT2D eigenvalue weighted by atomic mass is 9.84. The smallest absolute Gasteiger partial charge is 0.257 e. The van der Waals surface area contributed by atoms with E-state index in [-0.39, 0.29) is 23.8 Å². The van der Waals surface area contributed by atoms with Gasteiger partial charge in [-0.3, -0.25) is 9.59 Å². The van der Waals surface area contributed by atoms with Gasteiger partial charge in [-0.1, -0.05) is 24.3 Å². The standard InChI is InChI=1S/C28H32N2O4S/c1-29(27(31)22-13-16-35-19-22)25(18-20-7-6-8-23(17-20)33-2)21-11-14-30(15-12-21)28(32)24-9-4-5-10-26(24)34-3/h4-10,13,16-17,19,21,25H,11-12,14-15,18H2,1-3H3. The molecule has 1 aliphatic rings. The largest absolute Gasteiger partial charge is 0.497 e. The van der Waals surface area contributed by atoms with Gasteiger partial charge >= 0.3 is 0 Å². The number of carbonyl (C=O) groups excluding carboxylic acids is 2. The van der Waals surface area contributed by atoms with Crippen LogP contribution in [0.1, 0.15) is 39.1 Å². The van der Waals surface area contributed by atoms with E-state index in [4.69, 9.17) is 9.47 Å². The molecule has 3 aromatic rings. The second-order valence-corrected chi connectivity index (χ2v) is 9.66. The first-order chi connectivity index (χ1) is 17.0. The van der Waals surface area contributed by atoms with Crippen molar-refractivity contribution in [2.24, 2.45) is 5.92 Å². The molecular weight excluding hydrogens is 460 g/mol. The van der Waals surface area contributed by atoms with Gasteiger partial charge in [-0.25, -0.2) is 0 Å². The zero-order valence-corrected chi connectivity index (χ0v) is 21.3. The number of piperidine rings is 1. The Balaban J connectivity index is 1.51. The molecule has 0 saturated carbocycles. The summed E-state index contributed by atoms with van der Waals surface area (Å²) in [4.78, 5) is 30.2. The third-order valence-corrected chi connectivity index (χ3v) is 7.56. The van der Waals surface area contributed by atoms with Gasteiger partial charge < -0.3 is 19.3 Å². The molecule has 7 heteroatoms. The van der Waals surface area contributed by atoms with Crippen molar-refractivity contribution in [3.05, 3.63) is 82.0 Å². The molecule has 2 aromatic carbocycles. The zero-order chi connectivity index (χ0) is 24.8. The normalized spacial score (nSPS) is 14.9. The van der Waals surface area contributed by atoms with Crippen LogP contribution in [0.25, 0.3) is 0 Å². The Morgan fingerprint density at radius 2 is 1.83 bits per heavy atom. The Kier molecular flexibility index (Phi) is 8.08. The van der Waals surface area contributed by atoms with E-state index < -0.39 is 0 Å². The van der Waals surface area contributed by atoms with Crippen molar-refractivity contribution in [2.45, 2.75) is 25.3 Å². The molecule has 0 N–H and O–H groups in total. The van der Waals surface area contributed by atoms with Crippen LogP contribution in [0.5, 0.6) is 11.5 Å². The van der Waals surface area contributed by atoms with Crippen LogP contribution in [-0.2, 0) is 6.42 Å². The summed E-state index contributed by atoms with van der Waals surface area (Å²) in [5.41, 5.74) is 2.44.